The lowest BCUT2D eigenvalue weighted by molar-refractivity contribution is -0.139. The van der Waals surface area contributed by atoms with Gasteiger partial charge >= 0.3 is 6.18 Å². The van der Waals surface area contributed by atoms with Gasteiger partial charge in [0.05, 0.1) is 16.1 Å². The number of nitrogens with zero attached hydrogens (tertiary/aromatic N) is 1. The molecule has 3 rings (SSSR count). The molecule has 3 nitrogen and oxygen atoms in total. The highest BCUT2D eigenvalue weighted by Crippen LogP contribution is 2.38. The van der Waals surface area contributed by atoms with Crippen molar-refractivity contribution < 1.29 is 26.0 Å². The number of alkyl halides is 3. The molecule has 0 unspecified atom stereocenters. The summed E-state index contributed by atoms with van der Waals surface area (Å²) in [5.41, 5.74) is -0.564. The highest BCUT2D eigenvalue weighted by molar-refractivity contribution is 7.93. The number of halogens is 4. The van der Waals surface area contributed by atoms with E-state index in [1.807, 2.05) is 0 Å². The maximum atomic E-state index is 13.4. The Bertz CT molecular complexity index is 862. The van der Waals surface area contributed by atoms with Gasteiger partial charge in [0.25, 0.3) is 10.0 Å². The van der Waals surface area contributed by atoms with Crippen LogP contribution in [0.25, 0.3) is 0 Å². The molecule has 0 atom stereocenters. The molecule has 8 heteroatoms. The zero-order valence-corrected chi connectivity index (χ0v) is 12.5. The van der Waals surface area contributed by atoms with E-state index >= 15 is 0 Å². The second-order valence-electron chi connectivity index (χ2n) is 5.09. The first-order valence-electron chi connectivity index (χ1n) is 6.68. The maximum Gasteiger partial charge on any atom is 0.417 e. The van der Waals surface area contributed by atoms with E-state index in [9.17, 15) is 26.0 Å². The fourth-order valence-electron chi connectivity index (χ4n) is 2.62. The molecule has 0 fully saturated rings. The topological polar surface area (TPSA) is 37.4 Å². The summed E-state index contributed by atoms with van der Waals surface area (Å²) < 4.78 is 78.8. The van der Waals surface area contributed by atoms with Crippen molar-refractivity contribution in [2.24, 2.45) is 0 Å². The first kappa shape index (κ1) is 15.8. The molecule has 0 amide bonds. The van der Waals surface area contributed by atoms with Crippen LogP contribution in [0.4, 0.5) is 23.2 Å². The van der Waals surface area contributed by atoms with Crippen LogP contribution in [0.15, 0.2) is 47.4 Å². The van der Waals surface area contributed by atoms with Crippen LogP contribution in [-0.4, -0.2) is 15.0 Å². The van der Waals surface area contributed by atoms with Gasteiger partial charge in [0.2, 0.25) is 0 Å². The standard InChI is InChI=1S/C15H11F4NO2S/c16-11-6-5-10-7-8-20(13(10)9-11)23(21,22)14-4-2-1-3-12(14)15(17,18)19/h1-6,9H,7-8H2. The van der Waals surface area contributed by atoms with E-state index in [2.05, 4.69) is 0 Å². The Kier molecular flexibility index (Phi) is 3.59. The average molecular weight is 345 g/mol. The van der Waals surface area contributed by atoms with E-state index in [-0.39, 0.29) is 12.2 Å². The second-order valence-corrected chi connectivity index (χ2v) is 6.92. The molecule has 23 heavy (non-hydrogen) atoms. The number of fused-ring (bicyclic) bond motifs is 1. The number of anilines is 1. The molecule has 1 aliphatic rings. The minimum absolute atomic E-state index is 0.0205. The Morgan fingerprint density at radius 1 is 1.04 bits per heavy atom. The summed E-state index contributed by atoms with van der Waals surface area (Å²) in [5, 5.41) is 0. The number of rotatable bonds is 2. The minimum atomic E-state index is -4.80. The number of benzene rings is 2. The van der Waals surface area contributed by atoms with Crippen LogP contribution in [-0.2, 0) is 22.6 Å². The van der Waals surface area contributed by atoms with Crippen molar-refractivity contribution >= 4 is 15.7 Å². The van der Waals surface area contributed by atoms with Gasteiger partial charge in [-0.05, 0) is 36.2 Å². The van der Waals surface area contributed by atoms with Gasteiger partial charge in [-0.1, -0.05) is 18.2 Å². The summed E-state index contributed by atoms with van der Waals surface area (Å²) >= 11 is 0. The van der Waals surface area contributed by atoms with Gasteiger partial charge < -0.3 is 0 Å². The van der Waals surface area contributed by atoms with E-state index in [0.717, 1.165) is 28.6 Å². The molecule has 0 saturated carbocycles. The van der Waals surface area contributed by atoms with Gasteiger partial charge in [-0.2, -0.15) is 13.2 Å². The Balaban J connectivity index is 2.15. The van der Waals surface area contributed by atoms with Gasteiger partial charge in [-0.15, -0.1) is 0 Å². The van der Waals surface area contributed by atoms with Crippen LogP contribution in [0.2, 0.25) is 0 Å². The lowest BCUT2D eigenvalue weighted by Gasteiger charge is -2.22. The molecule has 0 aliphatic carbocycles. The van der Waals surface area contributed by atoms with Gasteiger partial charge in [0.1, 0.15) is 5.82 Å². The third-order valence-corrected chi connectivity index (χ3v) is 5.53. The van der Waals surface area contributed by atoms with Crippen molar-refractivity contribution in [3.63, 3.8) is 0 Å². The molecule has 2 aromatic rings. The highest BCUT2D eigenvalue weighted by atomic mass is 32.2. The minimum Gasteiger partial charge on any atom is -0.266 e. The van der Waals surface area contributed by atoms with E-state index in [1.54, 1.807) is 0 Å². The predicted molar refractivity (Wildman–Crippen MR) is 76.1 cm³/mol. The molecular weight excluding hydrogens is 334 g/mol. The lowest BCUT2D eigenvalue weighted by Crippen LogP contribution is -2.31. The van der Waals surface area contributed by atoms with Crippen LogP contribution in [0.1, 0.15) is 11.1 Å². The van der Waals surface area contributed by atoms with Gasteiger partial charge in [0, 0.05) is 6.54 Å². The smallest absolute Gasteiger partial charge is 0.266 e. The molecule has 0 N–H and O–H groups in total. The van der Waals surface area contributed by atoms with Crippen molar-refractivity contribution in [2.45, 2.75) is 17.5 Å². The van der Waals surface area contributed by atoms with E-state index in [4.69, 9.17) is 0 Å². The molecule has 1 heterocycles. The van der Waals surface area contributed by atoms with Gasteiger partial charge in [-0.25, -0.2) is 12.8 Å². The van der Waals surface area contributed by atoms with Crippen LogP contribution in [0.5, 0.6) is 0 Å². The molecule has 1 aliphatic heterocycles. The monoisotopic (exact) mass is 345 g/mol. The molecule has 0 aromatic heterocycles. The maximum absolute atomic E-state index is 13.4. The van der Waals surface area contributed by atoms with Crippen molar-refractivity contribution in [2.75, 3.05) is 10.8 Å². The van der Waals surface area contributed by atoms with Crippen LogP contribution in [0, 0.1) is 5.82 Å². The van der Waals surface area contributed by atoms with Crippen LogP contribution in [0.3, 0.4) is 0 Å². The highest BCUT2D eigenvalue weighted by Gasteiger charge is 2.40. The number of hydrogen-bond acceptors (Lipinski definition) is 2. The fraction of sp³-hybridized carbons (Fsp3) is 0.200. The first-order valence-corrected chi connectivity index (χ1v) is 8.12. The molecule has 0 saturated heterocycles. The van der Waals surface area contributed by atoms with Crippen LogP contribution < -0.4 is 4.31 Å². The van der Waals surface area contributed by atoms with Crippen molar-refractivity contribution in [3.8, 4) is 0 Å². The fourth-order valence-corrected chi connectivity index (χ4v) is 4.33. The molecule has 2 aromatic carbocycles. The third-order valence-electron chi connectivity index (χ3n) is 3.66. The van der Waals surface area contributed by atoms with Crippen molar-refractivity contribution in [1.82, 2.24) is 0 Å². The molecule has 122 valence electrons. The van der Waals surface area contributed by atoms with Crippen molar-refractivity contribution in [1.29, 1.82) is 0 Å². The predicted octanol–water partition coefficient (Wildman–Crippen LogP) is 3.60. The lowest BCUT2D eigenvalue weighted by atomic mass is 10.2. The first-order chi connectivity index (χ1) is 10.7. The van der Waals surface area contributed by atoms with E-state index in [1.165, 1.54) is 18.2 Å². The largest absolute Gasteiger partial charge is 0.417 e. The zero-order valence-electron chi connectivity index (χ0n) is 11.6. The van der Waals surface area contributed by atoms with Gasteiger partial charge in [0.15, 0.2) is 0 Å². The second kappa shape index (κ2) is 5.23. The summed E-state index contributed by atoms with van der Waals surface area (Å²) in [6.07, 6.45) is -4.48. The SMILES string of the molecule is O=S(=O)(c1ccccc1C(F)(F)F)N1CCc2ccc(F)cc21. The summed E-state index contributed by atoms with van der Waals surface area (Å²) in [6, 6.07) is 7.64. The van der Waals surface area contributed by atoms with Gasteiger partial charge in [-0.3, -0.25) is 4.31 Å². The Hall–Kier alpha value is -2.09. The van der Waals surface area contributed by atoms with Crippen LogP contribution >= 0.6 is 0 Å². The molecule has 0 radical (unpaired) electrons. The number of hydrogen-bond donors (Lipinski definition) is 0. The Labute approximate surface area is 130 Å². The summed E-state index contributed by atoms with van der Waals surface area (Å²) in [7, 11) is -4.44. The summed E-state index contributed by atoms with van der Waals surface area (Å²) in [4.78, 5) is -0.829. The summed E-state index contributed by atoms with van der Waals surface area (Å²) in [5.74, 6) is -0.644. The molecule has 0 spiro atoms. The summed E-state index contributed by atoms with van der Waals surface area (Å²) in [6.45, 7) is -0.0205. The third kappa shape index (κ3) is 2.67. The van der Waals surface area contributed by atoms with E-state index in [0.29, 0.717) is 12.0 Å². The Morgan fingerprint density at radius 2 is 1.74 bits per heavy atom. The quantitative estimate of drug-likeness (QED) is 0.780. The molecular formula is C15H11F4NO2S. The van der Waals surface area contributed by atoms with Crippen molar-refractivity contribution in [3.05, 3.63) is 59.4 Å². The Morgan fingerprint density at radius 3 is 2.43 bits per heavy atom. The number of sulfonamides is 1. The zero-order chi connectivity index (χ0) is 16.8. The average Bonchev–Trinajstić information content (AvgIpc) is 2.90. The normalized spacial score (nSPS) is 14.9. The van der Waals surface area contributed by atoms with E-state index < -0.39 is 32.5 Å². The molecule has 0 bridgehead atoms.